The Morgan fingerprint density at radius 3 is 3.14 bits per heavy atom. The zero-order chi connectivity index (χ0) is 14.8. The molecule has 1 aliphatic rings. The van der Waals surface area contributed by atoms with Crippen molar-refractivity contribution >= 4 is 5.91 Å². The summed E-state index contributed by atoms with van der Waals surface area (Å²) in [5.74, 6) is 0.892. The van der Waals surface area contributed by atoms with Gasteiger partial charge in [0, 0.05) is 30.1 Å². The smallest absolute Gasteiger partial charge is 0.220 e. The number of H-pyrrole nitrogens is 1. The van der Waals surface area contributed by atoms with E-state index in [0.717, 1.165) is 42.0 Å². The number of fused-ring (bicyclic) bond motifs is 1. The summed E-state index contributed by atoms with van der Waals surface area (Å²) in [6, 6.07) is 0.204. The van der Waals surface area contributed by atoms with Gasteiger partial charge in [-0.3, -0.25) is 9.89 Å². The van der Waals surface area contributed by atoms with Crippen molar-refractivity contribution < 1.29 is 9.32 Å². The maximum Gasteiger partial charge on any atom is 0.220 e. The molecule has 0 saturated heterocycles. The third-order valence-corrected chi connectivity index (χ3v) is 4.17. The van der Waals surface area contributed by atoms with Crippen LogP contribution in [0.4, 0.5) is 0 Å². The molecule has 0 radical (unpaired) electrons. The number of nitrogens with one attached hydrogen (secondary N) is 2. The molecule has 2 heterocycles. The Labute approximate surface area is 123 Å². The molecule has 0 spiro atoms. The monoisotopic (exact) mass is 288 g/mol. The van der Waals surface area contributed by atoms with Crippen LogP contribution in [0, 0.1) is 13.8 Å². The highest BCUT2D eigenvalue weighted by Crippen LogP contribution is 2.19. The van der Waals surface area contributed by atoms with Crippen molar-refractivity contribution in [2.24, 2.45) is 0 Å². The highest BCUT2D eigenvalue weighted by Gasteiger charge is 2.21. The molecule has 2 aromatic rings. The molecule has 6 heteroatoms. The van der Waals surface area contributed by atoms with E-state index < -0.39 is 0 Å². The second-order valence-corrected chi connectivity index (χ2v) is 5.68. The molecule has 1 amide bonds. The van der Waals surface area contributed by atoms with E-state index in [4.69, 9.17) is 4.52 Å². The van der Waals surface area contributed by atoms with Crippen LogP contribution in [0.5, 0.6) is 0 Å². The molecular weight excluding hydrogens is 268 g/mol. The summed E-state index contributed by atoms with van der Waals surface area (Å²) in [4.78, 5) is 12.1. The molecule has 0 aliphatic heterocycles. The van der Waals surface area contributed by atoms with Crippen molar-refractivity contribution in [2.75, 3.05) is 0 Å². The van der Waals surface area contributed by atoms with Gasteiger partial charge in [0.25, 0.3) is 0 Å². The normalized spacial score (nSPS) is 17.5. The number of hydrogen-bond acceptors (Lipinski definition) is 4. The standard InChI is InChI=1S/C15H20N4O2/c1-9-13(10(2)21-19-9)5-6-15(20)17-12-4-3-11-8-16-18-14(11)7-12/h8,12H,3-7H2,1-2H3,(H,16,18)(H,17,20). The lowest BCUT2D eigenvalue weighted by molar-refractivity contribution is -0.121. The summed E-state index contributed by atoms with van der Waals surface area (Å²) >= 11 is 0. The van der Waals surface area contributed by atoms with Gasteiger partial charge in [0.15, 0.2) is 0 Å². The lowest BCUT2D eigenvalue weighted by atomic mass is 9.93. The van der Waals surface area contributed by atoms with Gasteiger partial charge in [-0.2, -0.15) is 5.10 Å². The summed E-state index contributed by atoms with van der Waals surface area (Å²) in [5.41, 5.74) is 4.35. The van der Waals surface area contributed by atoms with E-state index >= 15 is 0 Å². The van der Waals surface area contributed by atoms with Gasteiger partial charge in [-0.05, 0) is 38.7 Å². The van der Waals surface area contributed by atoms with Crippen molar-refractivity contribution in [1.82, 2.24) is 20.7 Å². The summed E-state index contributed by atoms with van der Waals surface area (Å²) < 4.78 is 5.11. The minimum Gasteiger partial charge on any atom is -0.361 e. The molecule has 1 aliphatic carbocycles. The first-order valence-corrected chi connectivity index (χ1v) is 7.35. The molecule has 0 bridgehead atoms. The van der Waals surface area contributed by atoms with Crippen LogP contribution < -0.4 is 5.32 Å². The fourth-order valence-electron chi connectivity index (χ4n) is 2.93. The molecule has 1 atom stereocenters. The van der Waals surface area contributed by atoms with Crippen LogP contribution in [-0.2, 0) is 24.1 Å². The van der Waals surface area contributed by atoms with Gasteiger partial charge in [0.05, 0.1) is 11.9 Å². The Kier molecular flexibility index (Phi) is 3.77. The number of aromatic amines is 1. The lowest BCUT2D eigenvalue weighted by Gasteiger charge is -2.22. The van der Waals surface area contributed by atoms with Crippen molar-refractivity contribution in [1.29, 1.82) is 0 Å². The number of carbonyl (C=O) groups excluding carboxylic acids is 1. The van der Waals surface area contributed by atoms with Gasteiger partial charge in [-0.1, -0.05) is 5.16 Å². The third kappa shape index (κ3) is 2.99. The van der Waals surface area contributed by atoms with E-state index in [0.29, 0.717) is 12.8 Å². The number of aryl methyl sites for hydroxylation is 3. The molecule has 3 rings (SSSR count). The highest BCUT2D eigenvalue weighted by molar-refractivity contribution is 5.76. The number of aromatic nitrogens is 3. The van der Waals surface area contributed by atoms with Gasteiger partial charge in [-0.15, -0.1) is 0 Å². The Hall–Kier alpha value is -2.11. The highest BCUT2D eigenvalue weighted by atomic mass is 16.5. The number of amides is 1. The van der Waals surface area contributed by atoms with E-state index in [-0.39, 0.29) is 11.9 Å². The van der Waals surface area contributed by atoms with Crippen molar-refractivity contribution in [3.63, 3.8) is 0 Å². The number of nitrogens with zero attached hydrogens (tertiary/aromatic N) is 2. The van der Waals surface area contributed by atoms with Gasteiger partial charge in [0.1, 0.15) is 5.76 Å². The lowest BCUT2D eigenvalue weighted by Crippen LogP contribution is -2.38. The zero-order valence-electron chi connectivity index (χ0n) is 12.4. The maximum absolute atomic E-state index is 12.1. The number of carbonyl (C=O) groups is 1. The van der Waals surface area contributed by atoms with E-state index in [9.17, 15) is 4.79 Å². The Balaban J connectivity index is 1.51. The van der Waals surface area contributed by atoms with E-state index in [1.807, 2.05) is 20.0 Å². The topological polar surface area (TPSA) is 83.8 Å². The van der Waals surface area contributed by atoms with Gasteiger partial charge >= 0.3 is 0 Å². The minimum absolute atomic E-state index is 0.0861. The first-order valence-electron chi connectivity index (χ1n) is 7.35. The molecule has 0 saturated carbocycles. The fraction of sp³-hybridized carbons (Fsp3) is 0.533. The Morgan fingerprint density at radius 1 is 1.52 bits per heavy atom. The molecule has 6 nitrogen and oxygen atoms in total. The largest absolute Gasteiger partial charge is 0.361 e. The van der Waals surface area contributed by atoms with Crippen LogP contribution in [0.25, 0.3) is 0 Å². The molecule has 0 aromatic carbocycles. The Morgan fingerprint density at radius 2 is 2.38 bits per heavy atom. The van der Waals surface area contributed by atoms with Crippen molar-refractivity contribution in [3.05, 3.63) is 34.5 Å². The quantitative estimate of drug-likeness (QED) is 0.895. The van der Waals surface area contributed by atoms with E-state index in [1.54, 1.807) is 0 Å². The van der Waals surface area contributed by atoms with Crippen molar-refractivity contribution in [3.8, 4) is 0 Å². The number of hydrogen-bond donors (Lipinski definition) is 2. The molecule has 0 fully saturated rings. The summed E-state index contributed by atoms with van der Waals surface area (Å²) in [5, 5.41) is 14.1. The average molecular weight is 288 g/mol. The zero-order valence-corrected chi connectivity index (χ0v) is 12.4. The minimum atomic E-state index is 0.0861. The van der Waals surface area contributed by atoms with Gasteiger partial charge in [0.2, 0.25) is 5.91 Å². The summed E-state index contributed by atoms with van der Waals surface area (Å²) in [6.07, 6.45) is 5.81. The molecule has 1 unspecified atom stereocenters. The van der Waals surface area contributed by atoms with Gasteiger partial charge < -0.3 is 9.84 Å². The van der Waals surface area contributed by atoms with E-state index in [1.165, 1.54) is 5.56 Å². The van der Waals surface area contributed by atoms with Crippen LogP contribution >= 0.6 is 0 Å². The average Bonchev–Trinajstić information content (AvgIpc) is 3.04. The molecule has 2 N–H and O–H groups in total. The van der Waals surface area contributed by atoms with E-state index in [2.05, 4.69) is 20.7 Å². The van der Waals surface area contributed by atoms with Crippen molar-refractivity contribution in [2.45, 2.75) is 52.0 Å². The first-order chi connectivity index (χ1) is 10.1. The van der Waals surface area contributed by atoms with Crippen LogP contribution in [-0.4, -0.2) is 27.3 Å². The predicted molar refractivity (Wildman–Crippen MR) is 76.8 cm³/mol. The molecule has 2 aromatic heterocycles. The van der Waals surface area contributed by atoms with Crippen LogP contribution in [0.1, 0.15) is 41.1 Å². The second kappa shape index (κ2) is 5.71. The Bertz CT molecular complexity index is 624. The summed E-state index contributed by atoms with van der Waals surface area (Å²) in [6.45, 7) is 3.79. The maximum atomic E-state index is 12.1. The second-order valence-electron chi connectivity index (χ2n) is 5.68. The third-order valence-electron chi connectivity index (χ3n) is 4.17. The van der Waals surface area contributed by atoms with Crippen LogP contribution in [0.15, 0.2) is 10.7 Å². The van der Waals surface area contributed by atoms with Gasteiger partial charge in [-0.25, -0.2) is 0 Å². The predicted octanol–water partition coefficient (Wildman–Crippen LogP) is 1.62. The molecule has 112 valence electrons. The van der Waals surface area contributed by atoms with Crippen LogP contribution in [0.3, 0.4) is 0 Å². The molecule has 21 heavy (non-hydrogen) atoms. The van der Waals surface area contributed by atoms with Crippen LogP contribution in [0.2, 0.25) is 0 Å². The summed E-state index contributed by atoms with van der Waals surface area (Å²) in [7, 11) is 0. The fourth-order valence-corrected chi connectivity index (χ4v) is 2.93. The molecular formula is C15H20N4O2. The SMILES string of the molecule is Cc1noc(C)c1CCC(=O)NC1CCc2cn[nH]c2C1. The first kappa shape index (κ1) is 13.9. The number of rotatable bonds is 4.